The zero-order valence-electron chi connectivity index (χ0n) is 11.6. The lowest BCUT2D eigenvalue weighted by molar-refractivity contribution is -0.129. The smallest absolute Gasteiger partial charge is 0.226 e. The highest BCUT2D eigenvalue weighted by atomic mass is 35.5. The summed E-state index contributed by atoms with van der Waals surface area (Å²) >= 11 is 0. The number of hydrogen-bond acceptors (Lipinski definition) is 2. The SMILES string of the molecule is CC(C)(Cc1ccccc1)C(=O)NC1CCNC1.Cl. The number of benzene rings is 1. The standard InChI is InChI=1S/C15H22N2O.ClH/c1-15(2,10-12-6-4-3-5-7-12)14(18)17-13-8-9-16-11-13;/h3-7,13,16H,8-11H2,1-2H3,(H,17,18);1H. The lowest BCUT2D eigenvalue weighted by Gasteiger charge is -2.25. The molecular formula is C15H23ClN2O. The van der Waals surface area contributed by atoms with E-state index in [1.54, 1.807) is 0 Å². The lowest BCUT2D eigenvalue weighted by atomic mass is 9.84. The second-order valence-electron chi connectivity index (χ2n) is 5.71. The highest BCUT2D eigenvalue weighted by Gasteiger charge is 2.30. The predicted molar refractivity (Wildman–Crippen MR) is 80.6 cm³/mol. The van der Waals surface area contributed by atoms with E-state index in [4.69, 9.17) is 0 Å². The van der Waals surface area contributed by atoms with Crippen LogP contribution in [0.3, 0.4) is 0 Å². The Kier molecular flexibility index (Phi) is 5.83. The van der Waals surface area contributed by atoms with Crippen molar-refractivity contribution in [2.45, 2.75) is 32.7 Å². The third kappa shape index (κ3) is 4.51. The van der Waals surface area contributed by atoms with E-state index in [1.165, 1.54) is 5.56 Å². The summed E-state index contributed by atoms with van der Waals surface area (Å²) in [6.07, 6.45) is 1.81. The molecule has 1 aromatic carbocycles. The lowest BCUT2D eigenvalue weighted by Crippen LogP contribution is -2.44. The maximum Gasteiger partial charge on any atom is 0.226 e. The Hall–Kier alpha value is -1.06. The average molecular weight is 283 g/mol. The van der Waals surface area contributed by atoms with Gasteiger partial charge in [-0.15, -0.1) is 12.4 Å². The summed E-state index contributed by atoms with van der Waals surface area (Å²) in [4.78, 5) is 12.3. The van der Waals surface area contributed by atoms with Gasteiger partial charge in [0.1, 0.15) is 0 Å². The van der Waals surface area contributed by atoms with E-state index in [2.05, 4.69) is 22.8 Å². The Morgan fingerprint density at radius 3 is 2.63 bits per heavy atom. The molecule has 1 saturated heterocycles. The summed E-state index contributed by atoms with van der Waals surface area (Å²) < 4.78 is 0. The largest absolute Gasteiger partial charge is 0.352 e. The van der Waals surface area contributed by atoms with Gasteiger partial charge in [-0.05, 0) is 24.9 Å². The molecule has 1 fully saturated rings. The van der Waals surface area contributed by atoms with Gasteiger partial charge in [0.2, 0.25) is 5.91 Å². The van der Waals surface area contributed by atoms with Crippen LogP contribution in [0.4, 0.5) is 0 Å². The molecule has 3 nitrogen and oxygen atoms in total. The minimum Gasteiger partial charge on any atom is -0.352 e. The molecule has 1 aliphatic rings. The fourth-order valence-corrected chi connectivity index (χ4v) is 2.35. The van der Waals surface area contributed by atoms with Crippen LogP contribution in [-0.4, -0.2) is 25.0 Å². The number of carbonyl (C=O) groups excluding carboxylic acids is 1. The molecule has 1 heterocycles. The predicted octanol–water partition coefficient (Wildman–Crippen LogP) is 2.16. The van der Waals surface area contributed by atoms with E-state index in [0.717, 1.165) is 25.9 Å². The molecule has 0 saturated carbocycles. The fourth-order valence-electron chi connectivity index (χ4n) is 2.35. The van der Waals surface area contributed by atoms with E-state index >= 15 is 0 Å². The van der Waals surface area contributed by atoms with Crippen molar-refractivity contribution in [1.82, 2.24) is 10.6 Å². The summed E-state index contributed by atoms with van der Waals surface area (Å²) in [7, 11) is 0. The second kappa shape index (κ2) is 6.92. The Labute approximate surface area is 121 Å². The van der Waals surface area contributed by atoms with Gasteiger partial charge in [0.25, 0.3) is 0 Å². The van der Waals surface area contributed by atoms with Crippen LogP contribution in [0.5, 0.6) is 0 Å². The number of carbonyl (C=O) groups is 1. The van der Waals surface area contributed by atoms with Crippen molar-refractivity contribution in [1.29, 1.82) is 0 Å². The van der Waals surface area contributed by atoms with Gasteiger partial charge in [0, 0.05) is 18.0 Å². The van der Waals surface area contributed by atoms with E-state index < -0.39 is 0 Å². The number of nitrogens with one attached hydrogen (secondary N) is 2. The molecule has 0 aliphatic carbocycles. The monoisotopic (exact) mass is 282 g/mol. The van der Waals surface area contributed by atoms with Gasteiger partial charge in [0.05, 0.1) is 0 Å². The van der Waals surface area contributed by atoms with Crippen LogP contribution in [0.1, 0.15) is 25.8 Å². The number of amides is 1. The average Bonchev–Trinajstić information content (AvgIpc) is 2.82. The molecule has 1 amide bonds. The first-order valence-electron chi connectivity index (χ1n) is 6.63. The van der Waals surface area contributed by atoms with Crippen molar-refractivity contribution in [2.24, 2.45) is 5.41 Å². The molecule has 4 heteroatoms. The number of halogens is 1. The molecule has 2 N–H and O–H groups in total. The van der Waals surface area contributed by atoms with E-state index in [-0.39, 0.29) is 23.7 Å². The van der Waals surface area contributed by atoms with Crippen LogP contribution in [-0.2, 0) is 11.2 Å². The molecular weight excluding hydrogens is 260 g/mol. The highest BCUT2D eigenvalue weighted by molar-refractivity contribution is 5.85. The summed E-state index contributed by atoms with van der Waals surface area (Å²) in [5, 5.41) is 6.40. The van der Waals surface area contributed by atoms with Gasteiger partial charge in [-0.2, -0.15) is 0 Å². The molecule has 1 unspecified atom stereocenters. The van der Waals surface area contributed by atoms with E-state index in [0.29, 0.717) is 6.04 Å². The van der Waals surface area contributed by atoms with Gasteiger partial charge in [-0.3, -0.25) is 4.79 Å². The zero-order chi connectivity index (χ0) is 13.0. The van der Waals surface area contributed by atoms with Gasteiger partial charge >= 0.3 is 0 Å². The zero-order valence-corrected chi connectivity index (χ0v) is 12.4. The Bertz CT molecular complexity index is 400. The summed E-state index contributed by atoms with van der Waals surface area (Å²) in [5.41, 5.74) is 0.853. The normalized spacial score (nSPS) is 18.7. The molecule has 106 valence electrons. The maximum atomic E-state index is 12.3. The first-order chi connectivity index (χ1) is 8.58. The van der Waals surface area contributed by atoms with Crippen LogP contribution < -0.4 is 10.6 Å². The summed E-state index contributed by atoms with van der Waals surface area (Å²) in [6, 6.07) is 10.5. The first kappa shape index (κ1) is 16.0. The topological polar surface area (TPSA) is 41.1 Å². The van der Waals surface area contributed by atoms with Crippen LogP contribution in [0.25, 0.3) is 0 Å². The summed E-state index contributed by atoms with van der Waals surface area (Å²) in [5.74, 6) is 0.153. The van der Waals surface area contributed by atoms with E-state index in [1.807, 2.05) is 32.0 Å². The maximum absolute atomic E-state index is 12.3. The Morgan fingerprint density at radius 1 is 1.37 bits per heavy atom. The van der Waals surface area contributed by atoms with Crippen molar-refractivity contribution in [3.05, 3.63) is 35.9 Å². The van der Waals surface area contributed by atoms with Crippen molar-refractivity contribution in [3.8, 4) is 0 Å². The van der Waals surface area contributed by atoms with Crippen LogP contribution in [0.15, 0.2) is 30.3 Å². The quantitative estimate of drug-likeness (QED) is 0.889. The second-order valence-corrected chi connectivity index (χ2v) is 5.71. The molecule has 1 atom stereocenters. The van der Waals surface area contributed by atoms with Gasteiger partial charge in [0.15, 0.2) is 0 Å². The molecule has 0 radical (unpaired) electrons. The van der Waals surface area contributed by atoms with Crippen LogP contribution in [0.2, 0.25) is 0 Å². The van der Waals surface area contributed by atoms with Crippen molar-refractivity contribution < 1.29 is 4.79 Å². The van der Waals surface area contributed by atoms with Gasteiger partial charge in [-0.1, -0.05) is 44.2 Å². The van der Waals surface area contributed by atoms with Crippen LogP contribution >= 0.6 is 12.4 Å². The fraction of sp³-hybridized carbons (Fsp3) is 0.533. The molecule has 1 aromatic rings. The third-order valence-electron chi connectivity index (χ3n) is 3.50. The molecule has 19 heavy (non-hydrogen) atoms. The van der Waals surface area contributed by atoms with Gasteiger partial charge < -0.3 is 10.6 Å². The molecule has 0 aromatic heterocycles. The van der Waals surface area contributed by atoms with E-state index in [9.17, 15) is 4.79 Å². The minimum absolute atomic E-state index is 0. The molecule has 1 aliphatic heterocycles. The molecule has 2 rings (SSSR count). The molecule has 0 spiro atoms. The minimum atomic E-state index is -0.357. The summed E-state index contributed by atoms with van der Waals surface area (Å²) in [6.45, 7) is 5.92. The van der Waals surface area contributed by atoms with Gasteiger partial charge in [-0.25, -0.2) is 0 Å². The van der Waals surface area contributed by atoms with Crippen LogP contribution in [0, 0.1) is 5.41 Å². The Balaban J connectivity index is 0.00000180. The molecule has 0 bridgehead atoms. The first-order valence-corrected chi connectivity index (χ1v) is 6.63. The van der Waals surface area contributed by atoms with Crippen molar-refractivity contribution in [3.63, 3.8) is 0 Å². The number of rotatable bonds is 4. The number of hydrogen-bond donors (Lipinski definition) is 2. The van der Waals surface area contributed by atoms with Crippen molar-refractivity contribution in [2.75, 3.05) is 13.1 Å². The Morgan fingerprint density at radius 2 is 2.05 bits per heavy atom. The third-order valence-corrected chi connectivity index (χ3v) is 3.50. The van der Waals surface area contributed by atoms with Crippen molar-refractivity contribution >= 4 is 18.3 Å². The highest BCUT2D eigenvalue weighted by Crippen LogP contribution is 2.22.